The van der Waals surface area contributed by atoms with Gasteiger partial charge >= 0.3 is 0 Å². The van der Waals surface area contributed by atoms with E-state index in [4.69, 9.17) is 0 Å². The molecule has 0 N–H and O–H groups in total. The van der Waals surface area contributed by atoms with E-state index in [1.54, 1.807) is 0 Å². The minimum absolute atomic E-state index is 0.162. The number of aryl methyl sites for hydroxylation is 3. The quantitative estimate of drug-likeness (QED) is 0.164. The van der Waals surface area contributed by atoms with Gasteiger partial charge in [-0.15, -0.1) is 0 Å². The number of anilines is 3. The summed E-state index contributed by atoms with van der Waals surface area (Å²) in [4.78, 5) is 2.67. The zero-order valence-electron chi connectivity index (χ0n) is 33.0. The maximum absolute atomic E-state index is 2.67. The summed E-state index contributed by atoms with van der Waals surface area (Å²) in [6.45, 7) is 30.7. The highest BCUT2D eigenvalue weighted by molar-refractivity contribution is 7.02. The summed E-state index contributed by atoms with van der Waals surface area (Å²) in [5.74, 6) is 0. The molecule has 7 rings (SSSR count). The molecule has 0 unspecified atom stereocenters. The van der Waals surface area contributed by atoms with E-state index in [1.165, 1.54) is 122 Å². The second-order valence-corrected chi connectivity index (χ2v) is 15.9. The van der Waals surface area contributed by atoms with Crippen LogP contribution in [0.2, 0.25) is 0 Å². The maximum atomic E-state index is 2.67. The van der Waals surface area contributed by atoms with Crippen LogP contribution in [0.25, 0.3) is 0 Å². The zero-order valence-corrected chi connectivity index (χ0v) is 33.0. The molecule has 5 aromatic carbocycles. The number of rotatable bonds is 6. The molecule has 0 spiro atoms. The highest BCUT2D eigenvalue weighted by atomic mass is 15.2. The first-order chi connectivity index (χ1) is 23.8. The fourth-order valence-corrected chi connectivity index (χ4v) is 9.75. The van der Waals surface area contributed by atoms with Crippen LogP contribution in [0.15, 0.2) is 48.5 Å². The van der Waals surface area contributed by atoms with Crippen molar-refractivity contribution >= 4 is 63.3 Å². The van der Waals surface area contributed by atoms with Gasteiger partial charge in [0.05, 0.1) is 0 Å². The molecule has 0 saturated carbocycles. The van der Waals surface area contributed by atoms with E-state index in [2.05, 4.69) is 143 Å². The van der Waals surface area contributed by atoms with Crippen molar-refractivity contribution in [2.75, 3.05) is 4.90 Å². The Bertz CT molecular complexity index is 2010. The van der Waals surface area contributed by atoms with Crippen LogP contribution >= 0.6 is 0 Å². The molecule has 0 amide bonds. The van der Waals surface area contributed by atoms with Crippen molar-refractivity contribution in [1.82, 2.24) is 0 Å². The van der Waals surface area contributed by atoms with Crippen LogP contribution in [0.4, 0.5) is 17.1 Å². The number of hydrogen-bond donors (Lipinski definition) is 0. The summed E-state index contributed by atoms with van der Waals surface area (Å²) in [6, 6.07) is 19.9. The summed E-state index contributed by atoms with van der Waals surface area (Å²) >= 11 is 0. The van der Waals surface area contributed by atoms with E-state index in [9.17, 15) is 0 Å². The SMILES string of the molecule is CCCc1ccc2c(c1)B(c1c(C)c(C)c(C)c(C)c1C)c1cc(C)cc3c1N2c1ccc(CCC)cc1B3c1c(C)c(C)c(C)c(C)c1C. The Morgan fingerprint density at radius 2 is 0.760 bits per heavy atom. The fraction of sp³-hybridized carbons (Fsp3) is 0.362. The molecule has 3 heteroatoms. The Morgan fingerprint density at radius 1 is 0.420 bits per heavy atom. The molecule has 254 valence electrons. The number of hydrogen-bond acceptors (Lipinski definition) is 1. The highest BCUT2D eigenvalue weighted by Crippen LogP contribution is 2.39. The van der Waals surface area contributed by atoms with Crippen molar-refractivity contribution in [3.63, 3.8) is 0 Å². The van der Waals surface area contributed by atoms with Crippen LogP contribution in [-0.4, -0.2) is 13.4 Å². The van der Waals surface area contributed by atoms with Crippen molar-refractivity contribution in [2.45, 2.75) is 116 Å². The summed E-state index contributed by atoms with van der Waals surface area (Å²) in [6.07, 6.45) is 4.48. The smallest absolute Gasteiger partial charge is 0.247 e. The standard InChI is InChI=1S/C47H55B2N/c1-14-16-37-18-20-43-39(24-37)48(45-33(10)29(6)27(4)30(7)34(45)11)41-22-26(3)23-42-47(41)50(43)44-21-19-38(17-15-2)25-40(44)49(42)46-35(12)31(8)28(5)32(9)36(46)13/h18-25H,14-17H2,1-13H3. The Labute approximate surface area is 303 Å². The van der Waals surface area contributed by atoms with Crippen molar-refractivity contribution in [3.05, 3.63) is 121 Å². The second kappa shape index (κ2) is 12.7. The lowest BCUT2D eigenvalue weighted by molar-refractivity contribution is 0.922. The molecular formula is C47H55B2N. The van der Waals surface area contributed by atoms with Crippen LogP contribution in [0, 0.1) is 76.2 Å². The summed E-state index contributed by atoms with van der Waals surface area (Å²) in [7, 11) is 0. The predicted molar refractivity (Wildman–Crippen MR) is 223 cm³/mol. The van der Waals surface area contributed by atoms with Gasteiger partial charge in [-0.3, -0.25) is 0 Å². The third-order valence-electron chi connectivity index (χ3n) is 13.2. The van der Waals surface area contributed by atoms with Gasteiger partial charge in [0.15, 0.2) is 0 Å². The molecule has 0 saturated heterocycles. The third-order valence-corrected chi connectivity index (χ3v) is 13.2. The molecule has 0 atom stereocenters. The average Bonchev–Trinajstić information content (AvgIpc) is 3.10. The molecule has 2 aliphatic heterocycles. The number of nitrogens with zero attached hydrogens (tertiary/aromatic N) is 1. The lowest BCUT2D eigenvalue weighted by Crippen LogP contribution is -2.66. The topological polar surface area (TPSA) is 3.24 Å². The molecule has 0 aromatic heterocycles. The normalized spacial score (nSPS) is 13.1. The molecule has 5 aromatic rings. The Hall–Kier alpha value is -3.97. The largest absolute Gasteiger partial charge is 0.313 e. The van der Waals surface area contributed by atoms with Crippen LogP contribution in [0.1, 0.15) is 99.0 Å². The van der Waals surface area contributed by atoms with Gasteiger partial charge in [-0.05, 0) is 167 Å². The lowest BCUT2D eigenvalue weighted by Gasteiger charge is -2.45. The van der Waals surface area contributed by atoms with E-state index < -0.39 is 0 Å². The molecule has 0 bridgehead atoms. The van der Waals surface area contributed by atoms with Crippen LogP contribution < -0.4 is 37.7 Å². The van der Waals surface area contributed by atoms with E-state index in [-0.39, 0.29) is 13.4 Å². The Kier molecular flexibility index (Phi) is 8.73. The lowest BCUT2D eigenvalue weighted by atomic mass is 9.29. The first kappa shape index (κ1) is 34.5. The van der Waals surface area contributed by atoms with Crippen molar-refractivity contribution in [1.29, 1.82) is 0 Å². The van der Waals surface area contributed by atoms with Crippen LogP contribution in [0.3, 0.4) is 0 Å². The van der Waals surface area contributed by atoms with Gasteiger partial charge in [-0.1, -0.05) is 102 Å². The summed E-state index contributed by atoms with van der Waals surface area (Å²) < 4.78 is 0. The Morgan fingerprint density at radius 3 is 1.10 bits per heavy atom. The van der Waals surface area contributed by atoms with Gasteiger partial charge < -0.3 is 4.90 Å². The van der Waals surface area contributed by atoms with E-state index >= 15 is 0 Å². The second-order valence-electron chi connectivity index (χ2n) is 15.9. The van der Waals surface area contributed by atoms with Gasteiger partial charge in [0.1, 0.15) is 0 Å². The monoisotopic (exact) mass is 655 g/mol. The van der Waals surface area contributed by atoms with E-state index in [0.717, 1.165) is 25.7 Å². The van der Waals surface area contributed by atoms with Crippen LogP contribution in [0.5, 0.6) is 0 Å². The van der Waals surface area contributed by atoms with Gasteiger partial charge in [-0.25, -0.2) is 0 Å². The summed E-state index contributed by atoms with van der Waals surface area (Å²) in [5.41, 5.74) is 31.5. The number of fused-ring (bicyclic) bond motifs is 4. The van der Waals surface area contributed by atoms with E-state index in [0.29, 0.717) is 0 Å². The first-order valence-corrected chi connectivity index (χ1v) is 19.2. The fourth-order valence-electron chi connectivity index (χ4n) is 9.75. The van der Waals surface area contributed by atoms with Crippen molar-refractivity contribution in [3.8, 4) is 0 Å². The maximum Gasteiger partial charge on any atom is 0.247 e. The summed E-state index contributed by atoms with van der Waals surface area (Å²) in [5, 5.41) is 0. The number of benzene rings is 5. The van der Waals surface area contributed by atoms with Crippen molar-refractivity contribution in [2.24, 2.45) is 0 Å². The molecule has 1 nitrogen and oxygen atoms in total. The van der Waals surface area contributed by atoms with Gasteiger partial charge in [0.2, 0.25) is 13.4 Å². The molecule has 0 radical (unpaired) electrons. The van der Waals surface area contributed by atoms with Crippen molar-refractivity contribution < 1.29 is 0 Å². The predicted octanol–water partition coefficient (Wildman–Crippen LogP) is 8.11. The highest BCUT2D eigenvalue weighted by Gasteiger charge is 2.45. The van der Waals surface area contributed by atoms with E-state index in [1.807, 2.05) is 0 Å². The average molecular weight is 656 g/mol. The van der Waals surface area contributed by atoms with Gasteiger partial charge in [0, 0.05) is 17.1 Å². The molecular weight excluding hydrogens is 600 g/mol. The minimum Gasteiger partial charge on any atom is -0.313 e. The zero-order chi connectivity index (χ0) is 35.9. The molecule has 2 aliphatic rings. The minimum atomic E-state index is 0.162. The third kappa shape index (κ3) is 4.97. The molecule has 50 heavy (non-hydrogen) atoms. The Balaban J connectivity index is 1.66. The van der Waals surface area contributed by atoms with Gasteiger partial charge in [0.25, 0.3) is 0 Å². The van der Waals surface area contributed by atoms with Crippen LogP contribution in [-0.2, 0) is 12.8 Å². The van der Waals surface area contributed by atoms with Gasteiger partial charge in [-0.2, -0.15) is 0 Å². The molecule has 0 aliphatic carbocycles. The molecule has 0 fully saturated rings. The molecule has 2 heterocycles. The first-order valence-electron chi connectivity index (χ1n) is 19.2.